The molecule has 1 heterocycles. The van der Waals surface area contributed by atoms with Crippen LogP contribution in [0.25, 0.3) is 0 Å². The number of benzene rings is 1. The molecule has 3 rings (SSSR count). The molecule has 1 amide bonds. The number of aliphatic hydroxyl groups is 1. The first-order chi connectivity index (χ1) is 9.74. The highest BCUT2D eigenvalue weighted by Gasteiger charge is 2.28. The number of carbonyl (C=O) groups is 1. The van der Waals surface area contributed by atoms with Gasteiger partial charge in [-0.05, 0) is 18.4 Å². The summed E-state index contributed by atoms with van der Waals surface area (Å²) < 4.78 is 0. The Hall–Kier alpha value is -2.21. The molecular formula is C14H16N4O2. The van der Waals surface area contributed by atoms with Gasteiger partial charge in [0, 0.05) is 12.5 Å². The van der Waals surface area contributed by atoms with Crippen LogP contribution in [-0.2, 0) is 0 Å². The number of hydrogen-bond acceptors (Lipinski definition) is 4. The second kappa shape index (κ2) is 5.42. The average molecular weight is 272 g/mol. The number of nitrogens with one attached hydrogen (secondary N) is 2. The summed E-state index contributed by atoms with van der Waals surface area (Å²) >= 11 is 0. The van der Waals surface area contributed by atoms with E-state index in [1.54, 1.807) is 0 Å². The van der Waals surface area contributed by atoms with Crippen LogP contribution in [-0.4, -0.2) is 32.7 Å². The van der Waals surface area contributed by atoms with E-state index >= 15 is 0 Å². The second-order valence-corrected chi connectivity index (χ2v) is 4.96. The zero-order valence-electron chi connectivity index (χ0n) is 10.9. The smallest absolute Gasteiger partial charge is 0.291 e. The van der Waals surface area contributed by atoms with Gasteiger partial charge in [-0.15, -0.1) is 5.10 Å². The molecule has 0 spiro atoms. The van der Waals surface area contributed by atoms with Gasteiger partial charge in [0.15, 0.2) is 0 Å². The number of hydrogen-bond donors (Lipinski definition) is 3. The van der Waals surface area contributed by atoms with Crippen molar-refractivity contribution in [3.8, 4) is 0 Å². The standard InChI is InChI=1S/C14H16N4O2/c19-11(9-4-2-1-3-5-9)8-15-14(20)13-16-12(17-18-13)10-6-7-10/h1-5,10-11,19H,6-8H2,(H,15,20)(H,16,17,18). The molecule has 2 aromatic rings. The molecule has 1 aromatic heterocycles. The van der Waals surface area contributed by atoms with Crippen LogP contribution in [0.3, 0.4) is 0 Å². The van der Waals surface area contributed by atoms with Gasteiger partial charge in [-0.3, -0.25) is 9.89 Å². The third kappa shape index (κ3) is 2.85. The molecule has 1 saturated carbocycles. The first-order valence-corrected chi connectivity index (χ1v) is 6.67. The molecule has 6 heteroatoms. The van der Waals surface area contributed by atoms with E-state index in [9.17, 15) is 9.90 Å². The molecule has 0 bridgehead atoms. The molecule has 1 aromatic carbocycles. The number of aliphatic hydroxyl groups excluding tert-OH is 1. The molecule has 1 aliphatic carbocycles. The van der Waals surface area contributed by atoms with Crippen molar-refractivity contribution in [3.63, 3.8) is 0 Å². The molecule has 1 atom stereocenters. The second-order valence-electron chi connectivity index (χ2n) is 4.96. The molecule has 0 saturated heterocycles. The highest BCUT2D eigenvalue weighted by Crippen LogP contribution is 2.37. The summed E-state index contributed by atoms with van der Waals surface area (Å²) in [6, 6.07) is 9.20. The van der Waals surface area contributed by atoms with E-state index in [-0.39, 0.29) is 18.3 Å². The van der Waals surface area contributed by atoms with Gasteiger partial charge in [-0.2, -0.15) is 0 Å². The number of rotatable bonds is 5. The third-order valence-corrected chi connectivity index (χ3v) is 3.31. The molecular weight excluding hydrogens is 256 g/mol. The molecule has 0 radical (unpaired) electrons. The lowest BCUT2D eigenvalue weighted by Crippen LogP contribution is -2.29. The van der Waals surface area contributed by atoms with E-state index in [1.165, 1.54) is 0 Å². The molecule has 1 unspecified atom stereocenters. The first-order valence-electron chi connectivity index (χ1n) is 6.67. The van der Waals surface area contributed by atoms with Crippen LogP contribution in [0.2, 0.25) is 0 Å². The predicted molar refractivity (Wildman–Crippen MR) is 72.1 cm³/mol. The summed E-state index contributed by atoms with van der Waals surface area (Å²) in [5, 5.41) is 19.3. The Kier molecular flexibility index (Phi) is 3.47. The Morgan fingerprint density at radius 1 is 1.40 bits per heavy atom. The molecule has 20 heavy (non-hydrogen) atoms. The van der Waals surface area contributed by atoms with Gasteiger partial charge >= 0.3 is 0 Å². The summed E-state index contributed by atoms with van der Waals surface area (Å²) in [7, 11) is 0. The number of amides is 1. The molecule has 0 aliphatic heterocycles. The number of H-pyrrole nitrogens is 1. The van der Waals surface area contributed by atoms with Crippen LogP contribution in [0.1, 0.15) is 46.9 Å². The van der Waals surface area contributed by atoms with Gasteiger partial charge < -0.3 is 10.4 Å². The van der Waals surface area contributed by atoms with Crippen molar-refractivity contribution in [1.29, 1.82) is 0 Å². The molecule has 1 aliphatic rings. The maximum absolute atomic E-state index is 11.9. The van der Waals surface area contributed by atoms with Gasteiger partial charge in [-0.1, -0.05) is 30.3 Å². The number of nitrogens with zero attached hydrogens (tertiary/aromatic N) is 2. The number of aromatic amines is 1. The van der Waals surface area contributed by atoms with Gasteiger partial charge in [0.05, 0.1) is 6.10 Å². The van der Waals surface area contributed by atoms with Crippen LogP contribution in [0, 0.1) is 0 Å². The van der Waals surface area contributed by atoms with Crippen molar-refractivity contribution in [2.75, 3.05) is 6.54 Å². The van der Waals surface area contributed by atoms with Crippen molar-refractivity contribution in [1.82, 2.24) is 20.5 Å². The van der Waals surface area contributed by atoms with E-state index in [2.05, 4.69) is 20.5 Å². The first kappa shape index (κ1) is 12.8. The SMILES string of the molecule is O=C(NCC(O)c1ccccc1)c1n[nH]c(C2CC2)n1. The fourth-order valence-corrected chi connectivity index (χ4v) is 1.98. The minimum Gasteiger partial charge on any atom is -0.387 e. The van der Waals surface area contributed by atoms with Crippen molar-refractivity contribution in [2.24, 2.45) is 0 Å². The maximum Gasteiger partial charge on any atom is 0.291 e. The quantitative estimate of drug-likeness (QED) is 0.761. The van der Waals surface area contributed by atoms with E-state index in [1.807, 2.05) is 30.3 Å². The van der Waals surface area contributed by atoms with Gasteiger partial charge in [0.2, 0.25) is 5.82 Å². The molecule has 6 nitrogen and oxygen atoms in total. The summed E-state index contributed by atoms with van der Waals surface area (Å²) in [6.07, 6.45) is 1.47. The fraction of sp³-hybridized carbons (Fsp3) is 0.357. The summed E-state index contributed by atoms with van der Waals surface area (Å²) in [4.78, 5) is 16.0. The summed E-state index contributed by atoms with van der Waals surface area (Å²) in [5.41, 5.74) is 0.765. The van der Waals surface area contributed by atoms with Crippen molar-refractivity contribution < 1.29 is 9.90 Å². The van der Waals surface area contributed by atoms with Crippen LogP contribution >= 0.6 is 0 Å². The summed E-state index contributed by atoms with van der Waals surface area (Å²) in [6.45, 7) is 0.135. The minimum absolute atomic E-state index is 0.132. The van der Waals surface area contributed by atoms with Crippen molar-refractivity contribution in [3.05, 3.63) is 47.5 Å². The Balaban J connectivity index is 1.55. The highest BCUT2D eigenvalue weighted by molar-refractivity contribution is 5.90. The van der Waals surface area contributed by atoms with E-state index < -0.39 is 6.10 Å². The Morgan fingerprint density at radius 3 is 2.85 bits per heavy atom. The lowest BCUT2D eigenvalue weighted by atomic mass is 10.1. The zero-order chi connectivity index (χ0) is 13.9. The average Bonchev–Trinajstić information content (AvgIpc) is 3.22. The maximum atomic E-state index is 11.9. The summed E-state index contributed by atoms with van der Waals surface area (Å²) in [5.74, 6) is 0.966. The topological polar surface area (TPSA) is 90.9 Å². The van der Waals surface area contributed by atoms with E-state index in [4.69, 9.17) is 0 Å². The Bertz CT molecular complexity index is 592. The van der Waals surface area contributed by atoms with Crippen LogP contribution < -0.4 is 5.32 Å². The lowest BCUT2D eigenvalue weighted by molar-refractivity contribution is 0.0906. The van der Waals surface area contributed by atoms with Crippen LogP contribution in [0.4, 0.5) is 0 Å². The molecule has 3 N–H and O–H groups in total. The molecule has 1 fully saturated rings. The van der Waals surface area contributed by atoms with E-state index in [0.717, 1.165) is 24.2 Å². The minimum atomic E-state index is -0.734. The normalized spacial score (nSPS) is 15.8. The Labute approximate surface area is 116 Å². The van der Waals surface area contributed by atoms with E-state index in [0.29, 0.717) is 5.92 Å². The fourth-order valence-electron chi connectivity index (χ4n) is 1.98. The van der Waals surface area contributed by atoms with Gasteiger partial charge in [-0.25, -0.2) is 4.98 Å². The Morgan fingerprint density at radius 2 is 2.15 bits per heavy atom. The van der Waals surface area contributed by atoms with Crippen molar-refractivity contribution >= 4 is 5.91 Å². The highest BCUT2D eigenvalue weighted by atomic mass is 16.3. The third-order valence-electron chi connectivity index (χ3n) is 3.31. The molecule has 104 valence electrons. The van der Waals surface area contributed by atoms with Gasteiger partial charge in [0.25, 0.3) is 5.91 Å². The monoisotopic (exact) mass is 272 g/mol. The zero-order valence-corrected chi connectivity index (χ0v) is 10.9. The number of aromatic nitrogens is 3. The van der Waals surface area contributed by atoms with Crippen LogP contribution in [0.15, 0.2) is 30.3 Å². The number of carbonyl (C=O) groups excluding carboxylic acids is 1. The van der Waals surface area contributed by atoms with Crippen LogP contribution in [0.5, 0.6) is 0 Å². The van der Waals surface area contributed by atoms with Gasteiger partial charge in [0.1, 0.15) is 5.82 Å². The largest absolute Gasteiger partial charge is 0.387 e. The lowest BCUT2D eigenvalue weighted by Gasteiger charge is -2.10. The van der Waals surface area contributed by atoms with Crippen molar-refractivity contribution in [2.45, 2.75) is 24.9 Å². The predicted octanol–water partition coefficient (Wildman–Crippen LogP) is 1.15.